The van der Waals surface area contributed by atoms with Crippen LogP contribution in [0.25, 0.3) is 6.08 Å². The number of hydrogen-bond acceptors (Lipinski definition) is 5. The van der Waals surface area contributed by atoms with E-state index in [1.165, 1.54) is 23.6 Å². The van der Waals surface area contributed by atoms with Gasteiger partial charge in [-0.05, 0) is 80.8 Å². The summed E-state index contributed by atoms with van der Waals surface area (Å²) in [5.74, 6) is 1.68. The standard InChI is InChI=1S/C37H40N2O4/c1-24-8-7-11-27(22-24)12-17-34(41)38(3)30-14-13-29-31-23-28-32(42-25(2)40)15-16-33-35(28)37(29,36(30)43-33)19-21-39(31)20-18-26-9-5-4-6-10-26/h4-12,15-17,22,29-31,36H,13-14,18-21,23H2,1-3H3/t29-,30+,31+,36-,37-/m0/s1. The quantitative estimate of drug-likeness (QED) is 0.204. The molecule has 43 heavy (non-hydrogen) atoms. The van der Waals surface area contributed by atoms with Gasteiger partial charge in [-0.2, -0.15) is 0 Å². The summed E-state index contributed by atoms with van der Waals surface area (Å²) in [6, 6.07) is 23.1. The number of rotatable bonds is 7. The maximum absolute atomic E-state index is 13.6. The maximum Gasteiger partial charge on any atom is 0.308 e. The van der Waals surface area contributed by atoms with E-state index in [1.54, 1.807) is 6.08 Å². The van der Waals surface area contributed by atoms with Crippen LogP contribution in [0.15, 0.2) is 72.8 Å². The molecule has 6 nitrogen and oxygen atoms in total. The number of nitrogens with zero attached hydrogens (tertiary/aromatic N) is 2. The van der Waals surface area contributed by atoms with Gasteiger partial charge in [-0.25, -0.2) is 0 Å². The van der Waals surface area contributed by atoms with Crippen molar-refractivity contribution in [1.29, 1.82) is 0 Å². The molecule has 2 fully saturated rings. The number of amides is 1. The van der Waals surface area contributed by atoms with E-state index in [9.17, 15) is 9.59 Å². The first kappa shape index (κ1) is 27.9. The minimum atomic E-state index is -0.301. The van der Waals surface area contributed by atoms with Crippen LogP contribution >= 0.6 is 0 Å². The molecule has 2 aliphatic carbocycles. The Kier molecular flexibility index (Phi) is 7.13. The Bertz CT molecular complexity index is 1580. The molecule has 1 spiro atoms. The molecule has 0 radical (unpaired) electrons. The van der Waals surface area contributed by atoms with Gasteiger partial charge in [0.1, 0.15) is 17.6 Å². The van der Waals surface area contributed by atoms with Crippen LogP contribution in [-0.2, 0) is 27.8 Å². The molecule has 2 heterocycles. The lowest BCUT2D eigenvalue weighted by Crippen LogP contribution is -2.69. The fourth-order valence-electron chi connectivity index (χ4n) is 8.66. The Morgan fingerprint density at radius 1 is 1.09 bits per heavy atom. The van der Waals surface area contributed by atoms with Gasteiger partial charge < -0.3 is 14.4 Å². The first-order chi connectivity index (χ1) is 20.8. The summed E-state index contributed by atoms with van der Waals surface area (Å²) >= 11 is 0. The SMILES string of the molecule is CC(=O)Oc1ccc2c3c1C[C@@H]1[C@@H]4CC[C@@H](N(C)C(=O)C=Cc5cccc(C)c5)[C@H](O2)[C@]34CCN1CCc1ccccc1. The molecule has 3 aromatic carbocycles. The van der Waals surface area contributed by atoms with Crippen LogP contribution in [0.1, 0.15) is 54.0 Å². The van der Waals surface area contributed by atoms with Crippen LogP contribution in [0.5, 0.6) is 11.5 Å². The zero-order chi connectivity index (χ0) is 29.7. The van der Waals surface area contributed by atoms with Crippen molar-refractivity contribution < 1.29 is 19.1 Å². The van der Waals surface area contributed by atoms with Crippen LogP contribution < -0.4 is 9.47 Å². The van der Waals surface area contributed by atoms with Gasteiger partial charge in [-0.1, -0.05) is 60.2 Å². The Morgan fingerprint density at radius 3 is 2.72 bits per heavy atom. The van der Waals surface area contributed by atoms with Gasteiger partial charge in [-0.15, -0.1) is 0 Å². The summed E-state index contributed by atoms with van der Waals surface area (Å²) in [7, 11) is 1.93. The van der Waals surface area contributed by atoms with Crippen molar-refractivity contribution in [3.05, 3.63) is 101 Å². The molecule has 0 N–H and O–H groups in total. The number of carbonyl (C=O) groups excluding carboxylic acids is 2. The molecular formula is C37H40N2O4. The Labute approximate surface area is 254 Å². The molecule has 1 saturated heterocycles. The minimum absolute atomic E-state index is 0.00519. The smallest absolute Gasteiger partial charge is 0.308 e. The molecule has 3 aromatic rings. The van der Waals surface area contributed by atoms with Crippen molar-refractivity contribution in [2.75, 3.05) is 20.1 Å². The zero-order valence-corrected chi connectivity index (χ0v) is 25.3. The average molecular weight is 577 g/mol. The Morgan fingerprint density at radius 2 is 1.93 bits per heavy atom. The third-order valence-corrected chi connectivity index (χ3v) is 10.5. The Balaban J connectivity index is 1.21. The van der Waals surface area contributed by atoms with Crippen LogP contribution in [0.4, 0.5) is 0 Å². The van der Waals surface area contributed by atoms with Crippen LogP contribution in [0.3, 0.4) is 0 Å². The number of hydrogen-bond donors (Lipinski definition) is 0. The predicted octanol–water partition coefficient (Wildman–Crippen LogP) is 5.74. The van der Waals surface area contributed by atoms with Crippen molar-refractivity contribution in [3.63, 3.8) is 0 Å². The van der Waals surface area contributed by atoms with E-state index in [0.717, 1.165) is 62.1 Å². The summed E-state index contributed by atoms with van der Waals surface area (Å²) in [6.45, 7) is 5.51. The maximum atomic E-state index is 13.6. The molecule has 6 heteroatoms. The minimum Gasteiger partial charge on any atom is -0.487 e. The molecule has 7 rings (SSSR count). The number of carbonyl (C=O) groups is 2. The number of likely N-dealkylation sites (tertiary alicyclic amines) is 1. The van der Waals surface area contributed by atoms with E-state index in [0.29, 0.717) is 17.7 Å². The van der Waals surface area contributed by atoms with Gasteiger partial charge in [0, 0.05) is 49.2 Å². The normalized spacial score (nSPS) is 27.0. The van der Waals surface area contributed by atoms with E-state index < -0.39 is 0 Å². The van der Waals surface area contributed by atoms with Crippen molar-refractivity contribution in [2.24, 2.45) is 5.92 Å². The highest BCUT2D eigenvalue weighted by atomic mass is 16.5. The van der Waals surface area contributed by atoms with Gasteiger partial charge >= 0.3 is 5.97 Å². The highest BCUT2D eigenvalue weighted by Crippen LogP contribution is 2.63. The third-order valence-electron chi connectivity index (χ3n) is 10.5. The van der Waals surface area contributed by atoms with Gasteiger partial charge in [0.25, 0.3) is 0 Å². The predicted molar refractivity (Wildman–Crippen MR) is 167 cm³/mol. The Hall–Kier alpha value is -3.90. The van der Waals surface area contributed by atoms with E-state index in [2.05, 4.69) is 54.3 Å². The van der Waals surface area contributed by atoms with Gasteiger partial charge in [0.2, 0.25) is 5.91 Å². The third kappa shape index (κ3) is 4.76. The summed E-state index contributed by atoms with van der Waals surface area (Å²) < 4.78 is 12.7. The van der Waals surface area contributed by atoms with E-state index >= 15 is 0 Å². The van der Waals surface area contributed by atoms with E-state index in [-0.39, 0.29) is 29.4 Å². The fraction of sp³-hybridized carbons (Fsp3) is 0.405. The first-order valence-electron chi connectivity index (χ1n) is 15.7. The van der Waals surface area contributed by atoms with Crippen LogP contribution in [-0.4, -0.2) is 60.0 Å². The highest BCUT2D eigenvalue weighted by Gasteiger charge is 2.66. The summed E-state index contributed by atoms with van der Waals surface area (Å²) in [5, 5.41) is 0. The number of piperidine rings is 1. The number of aryl methyl sites for hydroxylation is 1. The van der Waals surface area contributed by atoms with E-state index in [4.69, 9.17) is 9.47 Å². The molecule has 2 aliphatic heterocycles. The molecular weight excluding hydrogens is 536 g/mol. The molecule has 222 valence electrons. The molecule has 4 aliphatic rings. The molecule has 1 amide bonds. The lowest BCUT2D eigenvalue weighted by atomic mass is 9.51. The molecule has 0 unspecified atom stereocenters. The van der Waals surface area contributed by atoms with Crippen LogP contribution in [0.2, 0.25) is 0 Å². The highest BCUT2D eigenvalue weighted by molar-refractivity contribution is 5.92. The summed E-state index contributed by atoms with van der Waals surface area (Å²) in [6.07, 6.45) is 8.23. The van der Waals surface area contributed by atoms with Crippen molar-refractivity contribution in [3.8, 4) is 11.5 Å². The monoisotopic (exact) mass is 576 g/mol. The van der Waals surface area contributed by atoms with Crippen molar-refractivity contribution in [2.45, 2.75) is 69.6 Å². The second-order valence-electron chi connectivity index (χ2n) is 12.8. The van der Waals surface area contributed by atoms with Gasteiger partial charge in [0.05, 0.1) is 6.04 Å². The second kappa shape index (κ2) is 11.0. The number of likely N-dealkylation sites (N-methyl/N-ethyl adjacent to an activating group) is 1. The first-order valence-corrected chi connectivity index (χ1v) is 15.7. The topological polar surface area (TPSA) is 59.1 Å². The summed E-state index contributed by atoms with van der Waals surface area (Å²) in [5.41, 5.74) is 5.70. The molecule has 1 saturated carbocycles. The summed E-state index contributed by atoms with van der Waals surface area (Å²) in [4.78, 5) is 30.3. The average Bonchev–Trinajstić information content (AvgIpc) is 3.34. The lowest BCUT2D eigenvalue weighted by molar-refractivity contribution is -0.135. The fourth-order valence-corrected chi connectivity index (χ4v) is 8.66. The second-order valence-corrected chi connectivity index (χ2v) is 12.8. The van der Waals surface area contributed by atoms with Gasteiger partial charge in [0.15, 0.2) is 0 Å². The van der Waals surface area contributed by atoms with E-state index in [1.807, 2.05) is 42.3 Å². The molecule has 5 atom stereocenters. The van der Waals surface area contributed by atoms with Gasteiger partial charge in [-0.3, -0.25) is 14.5 Å². The van der Waals surface area contributed by atoms with Crippen molar-refractivity contribution >= 4 is 18.0 Å². The molecule has 0 aromatic heterocycles. The number of esters is 1. The largest absolute Gasteiger partial charge is 0.487 e. The van der Waals surface area contributed by atoms with Crippen LogP contribution in [0, 0.1) is 12.8 Å². The zero-order valence-electron chi connectivity index (χ0n) is 25.3. The number of benzene rings is 3. The lowest BCUT2D eigenvalue weighted by Gasteiger charge is -2.60. The molecule has 2 bridgehead atoms. The number of ether oxygens (including phenoxy) is 2. The van der Waals surface area contributed by atoms with Crippen molar-refractivity contribution in [1.82, 2.24) is 9.80 Å².